The molecule has 3 N–H and O–H groups in total. The predicted molar refractivity (Wildman–Crippen MR) is 128 cm³/mol. The summed E-state index contributed by atoms with van der Waals surface area (Å²) in [5.74, 6) is 1.51. The Morgan fingerprint density at radius 3 is 2.25 bits per heavy atom. The van der Waals surface area contributed by atoms with Gasteiger partial charge in [-0.25, -0.2) is 0 Å². The van der Waals surface area contributed by atoms with Crippen molar-refractivity contribution in [1.29, 1.82) is 0 Å². The molecule has 0 aliphatic rings. The zero-order valence-electron chi connectivity index (χ0n) is 18.2. The molecule has 2 aromatic carbocycles. The van der Waals surface area contributed by atoms with Gasteiger partial charge in [-0.15, -0.1) is 23.7 Å². The first-order valence-corrected chi connectivity index (χ1v) is 10.6. The lowest BCUT2D eigenvalue weighted by molar-refractivity contribution is 0.0947. The lowest BCUT2D eigenvalue weighted by atomic mass is 10.1. The van der Waals surface area contributed by atoms with E-state index in [4.69, 9.17) is 24.7 Å². The first-order valence-electron chi connectivity index (χ1n) is 9.71. The van der Waals surface area contributed by atoms with Crippen molar-refractivity contribution in [2.45, 2.75) is 13.0 Å². The molecule has 9 heteroatoms. The molecule has 3 rings (SSSR count). The number of hydrogen-bond acceptors (Lipinski definition) is 7. The van der Waals surface area contributed by atoms with Gasteiger partial charge in [-0.2, -0.15) is 0 Å². The van der Waals surface area contributed by atoms with Gasteiger partial charge in [0.2, 0.25) is 11.5 Å². The monoisotopic (exact) mass is 478 g/mol. The molecular formula is C23H27ClN2O5S. The number of rotatable bonds is 10. The molecule has 7 nitrogen and oxygen atoms in total. The van der Waals surface area contributed by atoms with Crippen LogP contribution in [0.25, 0.3) is 0 Å². The Morgan fingerprint density at radius 1 is 1.00 bits per heavy atom. The molecule has 0 saturated carbocycles. The van der Waals surface area contributed by atoms with Gasteiger partial charge < -0.3 is 30.0 Å². The van der Waals surface area contributed by atoms with E-state index in [1.807, 2.05) is 41.8 Å². The first-order chi connectivity index (χ1) is 15.1. The number of nitrogens with one attached hydrogen (secondary N) is 1. The second kappa shape index (κ2) is 12.2. The van der Waals surface area contributed by atoms with Crippen molar-refractivity contribution in [3.63, 3.8) is 0 Å². The highest BCUT2D eigenvalue weighted by molar-refractivity contribution is 7.09. The fourth-order valence-corrected chi connectivity index (χ4v) is 3.76. The quantitative estimate of drug-likeness (QED) is 0.448. The van der Waals surface area contributed by atoms with Gasteiger partial charge in [0.25, 0.3) is 5.91 Å². The molecule has 3 aromatic rings. The lowest BCUT2D eigenvalue weighted by Gasteiger charge is -2.19. The standard InChI is InChI=1S/C23H26N2O5S.ClH/c1-27-20-18(23(26)25-14-17-5-4-12-31-17)13-19(21(28-2)22(20)29-3)30-16-8-6-15(7-9-16)10-11-24;/h4-9,12-13H,10-11,14,24H2,1-3H3,(H,25,26);1H. The van der Waals surface area contributed by atoms with Gasteiger partial charge in [0.15, 0.2) is 11.5 Å². The molecule has 0 bridgehead atoms. The number of hydrogen-bond donors (Lipinski definition) is 2. The van der Waals surface area contributed by atoms with Crippen LogP contribution in [-0.4, -0.2) is 33.8 Å². The SMILES string of the molecule is COc1c(Oc2ccc(CCN)cc2)cc(C(=O)NCc2cccs2)c(OC)c1OC.Cl. The summed E-state index contributed by atoms with van der Waals surface area (Å²) < 4.78 is 22.6. The van der Waals surface area contributed by atoms with Crippen LogP contribution >= 0.6 is 23.7 Å². The van der Waals surface area contributed by atoms with Crippen molar-refractivity contribution in [3.05, 3.63) is 63.8 Å². The molecule has 0 saturated heterocycles. The van der Waals surface area contributed by atoms with Crippen LogP contribution in [0.1, 0.15) is 20.8 Å². The number of nitrogens with two attached hydrogens (primary N) is 1. The summed E-state index contributed by atoms with van der Waals surface area (Å²) in [6, 6.07) is 13.1. The van der Waals surface area contributed by atoms with Gasteiger partial charge in [-0.1, -0.05) is 18.2 Å². The lowest BCUT2D eigenvalue weighted by Crippen LogP contribution is -2.23. The van der Waals surface area contributed by atoms with Crippen LogP contribution in [0.2, 0.25) is 0 Å². The van der Waals surface area contributed by atoms with Crippen LogP contribution in [-0.2, 0) is 13.0 Å². The van der Waals surface area contributed by atoms with Gasteiger partial charge in [-0.3, -0.25) is 4.79 Å². The summed E-state index contributed by atoms with van der Waals surface area (Å²) in [6.45, 7) is 0.987. The molecule has 32 heavy (non-hydrogen) atoms. The maximum Gasteiger partial charge on any atom is 0.255 e. The number of methoxy groups -OCH3 is 3. The van der Waals surface area contributed by atoms with Crippen molar-refractivity contribution in [1.82, 2.24) is 5.32 Å². The van der Waals surface area contributed by atoms with Crippen molar-refractivity contribution >= 4 is 29.7 Å². The first kappa shape index (κ1) is 25.3. The van der Waals surface area contributed by atoms with E-state index < -0.39 is 0 Å². The van der Waals surface area contributed by atoms with Gasteiger partial charge in [-0.05, 0) is 42.1 Å². The van der Waals surface area contributed by atoms with E-state index in [1.54, 1.807) is 17.4 Å². The number of thiophene rings is 1. The molecule has 172 valence electrons. The summed E-state index contributed by atoms with van der Waals surface area (Å²) >= 11 is 1.57. The second-order valence-corrected chi connectivity index (χ2v) is 7.60. The average Bonchev–Trinajstić information content (AvgIpc) is 3.31. The number of benzene rings is 2. The van der Waals surface area contributed by atoms with Crippen LogP contribution in [0.15, 0.2) is 47.8 Å². The minimum absolute atomic E-state index is 0. The molecule has 1 heterocycles. The number of carbonyl (C=O) groups is 1. The fourth-order valence-electron chi connectivity index (χ4n) is 3.12. The van der Waals surface area contributed by atoms with Gasteiger partial charge in [0.1, 0.15) is 5.75 Å². The number of carbonyl (C=O) groups excluding carboxylic acids is 1. The number of halogens is 1. The zero-order chi connectivity index (χ0) is 22.2. The Balaban J connectivity index is 0.00000363. The summed E-state index contributed by atoms with van der Waals surface area (Å²) in [7, 11) is 4.47. The van der Waals surface area contributed by atoms with Crippen LogP contribution in [0.3, 0.4) is 0 Å². The Kier molecular flexibility index (Phi) is 9.64. The van der Waals surface area contributed by atoms with E-state index in [-0.39, 0.29) is 35.4 Å². The largest absolute Gasteiger partial charge is 0.492 e. The third-order valence-electron chi connectivity index (χ3n) is 4.60. The molecule has 0 aliphatic heterocycles. The molecule has 0 radical (unpaired) electrons. The summed E-state index contributed by atoms with van der Waals surface area (Å²) in [5, 5.41) is 4.87. The van der Waals surface area contributed by atoms with Crippen LogP contribution < -0.4 is 30.0 Å². The Morgan fingerprint density at radius 2 is 1.69 bits per heavy atom. The topological polar surface area (TPSA) is 92.0 Å². The molecular weight excluding hydrogens is 452 g/mol. The number of ether oxygens (including phenoxy) is 4. The summed E-state index contributed by atoms with van der Waals surface area (Å²) in [4.78, 5) is 14.0. The second-order valence-electron chi connectivity index (χ2n) is 6.57. The minimum atomic E-state index is -0.311. The molecule has 0 aliphatic carbocycles. The van der Waals surface area contributed by atoms with E-state index in [0.717, 1.165) is 16.9 Å². The Labute approximate surface area is 197 Å². The molecule has 1 aromatic heterocycles. The van der Waals surface area contributed by atoms with E-state index in [0.29, 0.717) is 30.3 Å². The molecule has 1 amide bonds. The van der Waals surface area contributed by atoms with Crippen LogP contribution in [0, 0.1) is 0 Å². The van der Waals surface area contributed by atoms with Gasteiger partial charge >= 0.3 is 0 Å². The molecule has 0 spiro atoms. The maximum absolute atomic E-state index is 13.0. The molecule has 0 fully saturated rings. The van der Waals surface area contributed by atoms with Gasteiger partial charge in [0, 0.05) is 10.9 Å². The van der Waals surface area contributed by atoms with Crippen molar-refractivity contribution in [3.8, 4) is 28.7 Å². The van der Waals surface area contributed by atoms with Crippen molar-refractivity contribution < 1.29 is 23.7 Å². The average molecular weight is 479 g/mol. The van der Waals surface area contributed by atoms with Crippen molar-refractivity contribution in [2.75, 3.05) is 27.9 Å². The Hall–Kier alpha value is -2.94. The minimum Gasteiger partial charge on any atom is -0.492 e. The van der Waals surface area contributed by atoms with E-state index in [1.165, 1.54) is 21.3 Å². The van der Waals surface area contributed by atoms with E-state index >= 15 is 0 Å². The van der Waals surface area contributed by atoms with Crippen molar-refractivity contribution in [2.24, 2.45) is 5.73 Å². The normalized spacial score (nSPS) is 10.1. The van der Waals surface area contributed by atoms with Gasteiger partial charge in [0.05, 0.1) is 33.4 Å². The van der Waals surface area contributed by atoms with Crippen LogP contribution in [0.4, 0.5) is 0 Å². The number of amides is 1. The zero-order valence-corrected chi connectivity index (χ0v) is 19.8. The molecule has 0 atom stereocenters. The highest BCUT2D eigenvalue weighted by atomic mass is 35.5. The third-order valence-corrected chi connectivity index (χ3v) is 5.48. The van der Waals surface area contributed by atoms with E-state index in [2.05, 4.69) is 5.32 Å². The Bertz CT molecular complexity index is 1010. The maximum atomic E-state index is 13.0. The third kappa shape index (κ3) is 5.85. The fraction of sp³-hybridized carbons (Fsp3) is 0.261. The van der Waals surface area contributed by atoms with Crippen LogP contribution in [0.5, 0.6) is 28.7 Å². The predicted octanol–water partition coefficient (Wildman–Crippen LogP) is 4.42. The highest BCUT2D eigenvalue weighted by Gasteiger charge is 2.26. The smallest absolute Gasteiger partial charge is 0.255 e. The highest BCUT2D eigenvalue weighted by Crippen LogP contribution is 2.47. The summed E-state index contributed by atoms with van der Waals surface area (Å²) in [6.07, 6.45) is 0.786. The van der Waals surface area contributed by atoms with E-state index in [9.17, 15) is 4.79 Å². The molecule has 0 unspecified atom stereocenters. The summed E-state index contributed by atoms with van der Waals surface area (Å²) in [5.41, 5.74) is 7.01.